The Morgan fingerprint density at radius 3 is 2.54 bits per heavy atom. The topological polar surface area (TPSA) is 69.7 Å². The Kier molecular flexibility index (Phi) is 6.86. The van der Waals surface area contributed by atoms with E-state index in [2.05, 4.69) is 10.3 Å². The Morgan fingerprint density at radius 2 is 1.79 bits per heavy atom. The lowest BCUT2D eigenvalue weighted by molar-refractivity contribution is 0.102. The van der Waals surface area contributed by atoms with Crippen LogP contribution in [-0.2, 0) is 6.61 Å². The van der Waals surface area contributed by atoms with Gasteiger partial charge in [0, 0.05) is 10.9 Å². The van der Waals surface area contributed by atoms with Gasteiger partial charge in [-0.15, -0.1) is 11.3 Å². The molecule has 2 aromatic carbocycles. The predicted molar refractivity (Wildman–Crippen MR) is 110 cm³/mol. The molecule has 146 valence electrons. The van der Waals surface area contributed by atoms with Gasteiger partial charge in [0.05, 0.1) is 30.1 Å². The van der Waals surface area contributed by atoms with Crippen LogP contribution in [0.4, 0.5) is 5.69 Å². The third-order valence-electron chi connectivity index (χ3n) is 3.80. The predicted octanol–water partition coefficient (Wildman–Crippen LogP) is 4.77. The molecule has 28 heavy (non-hydrogen) atoms. The Labute approximate surface area is 168 Å². The SMILES string of the molecule is CCOc1ccc(C(=O)Nc2ccccc2OCc2cscn2)cc1OCC. The van der Waals surface area contributed by atoms with Crippen molar-refractivity contribution in [1.29, 1.82) is 0 Å². The second-order valence-electron chi connectivity index (χ2n) is 5.75. The van der Waals surface area contributed by atoms with Crippen LogP contribution in [0.1, 0.15) is 29.9 Å². The van der Waals surface area contributed by atoms with E-state index in [0.717, 1.165) is 5.69 Å². The van der Waals surface area contributed by atoms with Gasteiger partial charge in [-0.3, -0.25) is 4.79 Å². The summed E-state index contributed by atoms with van der Waals surface area (Å²) >= 11 is 1.51. The van der Waals surface area contributed by atoms with Gasteiger partial charge in [-0.1, -0.05) is 12.1 Å². The molecule has 0 aliphatic heterocycles. The van der Waals surface area contributed by atoms with Crippen molar-refractivity contribution in [1.82, 2.24) is 4.98 Å². The van der Waals surface area contributed by atoms with Crippen molar-refractivity contribution in [3.63, 3.8) is 0 Å². The Bertz CT molecular complexity index is 913. The Balaban J connectivity index is 1.74. The monoisotopic (exact) mass is 398 g/mol. The van der Waals surface area contributed by atoms with E-state index >= 15 is 0 Å². The van der Waals surface area contributed by atoms with Gasteiger partial charge >= 0.3 is 0 Å². The number of aromatic nitrogens is 1. The summed E-state index contributed by atoms with van der Waals surface area (Å²) in [6.45, 7) is 5.14. The van der Waals surface area contributed by atoms with Gasteiger partial charge in [-0.25, -0.2) is 4.98 Å². The molecule has 0 radical (unpaired) electrons. The van der Waals surface area contributed by atoms with Crippen LogP contribution in [0, 0.1) is 0 Å². The number of benzene rings is 2. The fourth-order valence-electron chi connectivity index (χ4n) is 2.54. The van der Waals surface area contributed by atoms with E-state index in [-0.39, 0.29) is 5.91 Å². The molecule has 1 aromatic heterocycles. The number of carbonyl (C=O) groups is 1. The van der Waals surface area contributed by atoms with E-state index in [1.165, 1.54) is 11.3 Å². The zero-order chi connectivity index (χ0) is 19.8. The molecule has 0 spiro atoms. The van der Waals surface area contributed by atoms with Gasteiger partial charge in [0.2, 0.25) is 0 Å². The summed E-state index contributed by atoms with van der Waals surface area (Å²) in [5.74, 6) is 1.49. The first-order chi connectivity index (χ1) is 13.7. The number of ether oxygens (including phenoxy) is 3. The first-order valence-electron chi connectivity index (χ1n) is 9.01. The number of rotatable bonds is 9. The molecular formula is C21H22N2O4S. The zero-order valence-corrected chi connectivity index (χ0v) is 16.6. The van der Waals surface area contributed by atoms with Crippen LogP contribution in [0.5, 0.6) is 17.2 Å². The minimum Gasteiger partial charge on any atom is -0.490 e. The number of hydrogen-bond acceptors (Lipinski definition) is 6. The number of nitrogens with one attached hydrogen (secondary N) is 1. The third-order valence-corrected chi connectivity index (χ3v) is 4.44. The number of para-hydroxylation sites is 2. The molecule has 1 heterocycles. The van der Waals surface area contributed by atoms with Crippen molar-refractivity contribution < 1.29 is 19.0 Å². The van der Waals surface area contributed by atoms with Crippen molar-refractivity contribution in [3.8, 4) is 17.2 Å². The molecule has 3 aromatic rings. The second kappa shape index (κ2) is 9.75. The molecule has 0 saturated carbocycles. The molecule has 3 rings (SSSR count). The van der Waals surface area contributed by atoms with E-state index in [1.807, 2.05) is 37.4 Å². The van der Waals surface area contributed by atoms with Crippen molar-refractivity contribution >= 4 is 22.9 Å². The molecule has 1 N–H and O–H groups in total. The lowest BCUT2D eigenvalue weighted by Gasteiger charge is -2.14. The molecule has 0 aliphatic rings. The summed E-state index contributed by atoms with van der Waals surface area (Å²) in [6.07, 6.45) is 0. The van der Waals surface area contributed by atoms with Crippen LogP contribution in [0.25, 0.3) is 0 Å². The highest BCUT2D eigenvalue weighted by molar-refractivity contribution is 7.07. The van der Waals surface area contributed by atoms with E-state index in [0.29, 0.717) is 48.3 Å². The van der Waals surface area contributed by atoms with Gasteiger partial charge in [-0.2, -0.15) is 0 Å². The highest BCUT2D eigenvalue weighted by atomic mass is 32.1. The van der Waals surface area contributed by atoms with Crippen molar-refractivity contribution in [2.75, 3.05) is 18.5 Å². The number of amides is 1. The number of thiazole rings is 1. The fourth-order valence-corrected chi connectivity index (χ4v) is 3.09. The minimum atomic E-state index is -0.256. The van der Waals surface area contributed by atoms with Crippen LogP contribution in [-0.4, -0.2) is 24.1 Å². The van der Waals surface area contributed by atoms with E-state index in [9.17, 15) is 4.79 Å². The average Bonchev–Trinajstić information content (AvgIpc) is 3.22. The molecule has 0 unspecified atom stereocenters. The van der Waals surface area contributed by atoms with Crippen LogP contribution in [0.3, 0.4) is 0 Å². The van der Waals surface area contributed by atoms with Crippen LogP contribution in [0.2, 0.25) is 0 Å². The molecule has 1 amide bonds. The Hall–Kier alpha value is -3.06. The molecule has 0 bridgehead atoms. The van der Waals surface area contributed by atoms with Gasteiger partial charge < -0.3 is 19.5 Å². The van der Waals surface area contributed by atoms with E-state index in [1.54, 1.807) is 29.8 Å². The average molecular weight is 398 g/mol. The molecule has 0 atom stereocenters. The molecule has 7 heteroatoms. The van der Waals surface area contributed by atoms with Gasteiger partial charge in [-0.05, 0) is 44.2 Å². The van der Waals surface area contributed by atoms with Gasteiger partial charge in [0.25, 0.3) is 5.91 Å². The summed E-state index contributed by atoms with van der Waals surface area (Å²) in [4.78, 5) is 17.0. The molecule has 0 fully saturated rings. The first kappa shape index (κ1) is 19.7. The highest BCUT2D eigenvalue weighted by Crippen LogP contribution is 2.30. The summed E-state index contributed by atoms with van der Waals surface area (Å²) < 4.78 is 17.0. The number of anilines is 1. The largest absolute Gasteiger partial charge is 0.490 e. The van der Waals surface area contributed by atoms with Gasteiger partial charge in [0.15, 0.2) is 11.5 Å². The molecule has 6 nitrogen and oxygen atoms in total. The van der Waals surface area contributed by atoms with Crippen LogP contribution in [0.15, 0.2) is 53.4 Å². The van der Waals surface area contributed by atoms with E-state index < -0.39 is 0 Å². The maximum absolute atomic E-state index is 12.8. The number of hydrogen-bond donors (Lipinski definition) is 1. The number of carbonyl (C=O) groups excluding carboxylic acids is 1. The summed E-state index contributed by atoms with van der Waals surface area (Å²) in [6, 6.07) is 12.4. The van der Waals surface area contributed by atoms with Crippen molar-refractivity contribution in [2.45, 2.75) is 20.5 Å². The third kappa shape index (κ3) is 5.01. The van der Waals surface area contributed by atoms with Crippen LogP contribution < -0.4 is 19.5 Å². The maximum atomic E-state index is 12.8. The molecular weight excluding hydrogens is 376 g/mol. The normalized spacial score (nSPS) is 10.4. The first-order valence-corrected chi connectivity index (χ1v) is 9.95. The van der Waals surface area contributed by atoms with Gasteiger partial charge in [0.1, 0.15) is 12.4 Å². The molecule has 0 saturated heterocycles. The summed E-state index contributed by atoms with van der Waals surface area (Å²) in [5, 5.41) is 4.83. The van der Waals surface area contributed by atoms with Crippen molar-refractivity contribution in [2.24, 2.45) is 0 Å². The smallest absolute Gasteiger partial charge is 0.255 e. The van der Waals surface area contributed by atoms with Crippen LogP contribution >= 0.6 is 11.3 Å². The van der Waals surface area contributed by atoms with E-state index in [4.69, 9.17) is 14.2 Å². The minimum absolute atomic E-state index is 0.256. The summed E-state index contributed by atoms with van der Waals surface area (Å²) in [5.41, 5.74) is 3.67. The second-order valence-corrected chi connectivity index (χ2v) is 6.46. The lowest BCUT2D eigenvalue weighted by atomic mass is 10.1. The van der Waals surface area contributed by atoms with Crippen molar-refractivity contribution in [3.05, 3.63) is 64.6 Å². The fraction of sp³-hybridized carbons (Fsp3) is 0.238. The highest BCUT2D eigenvalue weighted by Gasteiger charge is 2.14. The Morgan fingerprint density at radius 1 is 1.00 bits per heavy atom. The quantitative estimate of drug-likeness (QED) is 0.562. The summed E-state index contributed by atoms with van der Waals surface area (Å²) in [7, 11) is 0. The number of nitrogens with zero attached hydrogens (tertiary/aromatic N) is 1. The lowest BCUT2D eigenvalue weighted by Crippen LogP contribution is -2.13. The zero-order valence-electron chi connectivity index (χ0n) is 15.8. The molecule has 0 aliphatic carbocycles. The standard InChI is InChI=1S/C21H22N2O4S/c1-3-25-19-10-9-15(11-20(19)26-4-2)21(24)23-17-7-5-6-8-18(17)27-12-16-13-28-14-22-16/h5-11,13-14H,3-4,12H2,1-2H3,(H,23,24). The maximum Gasteiger partial charge on any atom is 0.255 e.